The van der Waals surface area contributed by atoms with Crippen molar-refractivity contribution in [1.29, 1.82) is 0 Å². The molecule has 0 saturated carbocycles. The maximum absolute atomic E-state index is 13.3. The van der Waals surface area contributed by atoms with Crippen LogP contribution in [0, 0.1) is 0 Å². The Labute approximate surface area is 172 Å². The molecule has 3 rings (SSSR count). The second-order valence-corrected chi connectivity index (χ2v) is 7.13. The van der Waals surface area contributed by atoms with Crippen LogP contribution in [0.15, 0.2) is 36.4 Å². The number of benzene rings is 2. The van der Waals surface area contributed by atoms with Gasteiger partial charge in [0.1, 0.15) is 5.75 Å². The Morgan fingerprint density at radius 2 is 1.55 bits per heavy atom. The fraction of sp³-hybridized carbons (Fsp3) is 0.435. The smallest absolute Gasteiger partial charge is 0.254 e. The molecule has 0 N–H and O–H groups in total. The lowest BCUT2D eigenvalue weighted by Crippen LogP contribution is -2.34. The van der Waals surface area contributed by atoms with Gasteiger partial charge in [-0.3, -0.25) is 4.79 Å². The van der Waals surface area contributed by atoms with E-state index in [9.17, 15) is 4.79 Å². The summed E-state index contributed by atoms with van der Waals surface area (Å²) in [4.78, 5) is 15.3. The van der Waals surface area contributed by atoms with E-state index in [-0.39, 0.29) is 5.91 Å². The number of amides is 1. The minimum absolute atomic E-state index is 0.0235. The zero-order valence-corrected chi connectivity index (χ0v) is 17.6. The summed E-state index contributed by atoms with van der Waals surface area (Å²) in [5, 5.41) is 0. The number of likely N-dealkylation sites (tertiary alicyclic amines) is 1. The van der Waals surface area contributed by atoms with Crippen molar-refractivity contribution in [1.82, 2.24) is 4.90 Å². The lowest BCUT2D eigenvalue weighted by Gasteiger charge is -2.25. The number of ether oxygens (including phenoxy) is 4. The predicted octanol–water partition coefficient (Wildman–Crippen LogP) is 4.13. The topological polar surface area (TPSA) is 57.2 Å². The summed E-state index contributed by atoms with van der Waals surface area (Å²) in [5.74, 6) is 2.57. The van der Waals surface area contributed by atoms with Crippen molar-refractivity contribution in [3.05, 3.63) is 47.5 Å². The number of hydrogen-bond donors (Lipinski definition) is 0. The van der Waals surface area contributed by atoms with Crippen molar-refractivity contribution in [2.75, 3.05) is 41.5 Å². The van der Waals surface area contributed by atoms with Gasteiger partial charge in [0.25, 0.3) is 5.91 Å². The Hall–Kier alpha value is -2.89. The van der Waals surface area contributed by atoms with Crippen LogP contribution in [0.4, 0.5) is 0 Å². The average Bonchev–Trinajstić information content (AvgIpc) is 3.03. The van der Waals surface area contributed by atoms with Gasteiger partial charge in [-0.25, -0.2) is 0 Å². The van der Waals surface area contributed by atoms with E-state index in [1.54, 1.807) is 40.6 Å². The third-order valence-electron chi connectivity index (χ3n) is 5.46. The van der Waals surface area contributed by atoms with E-state index >= 15 is 0 Å². The molecular weight excluding hydrogens is 370 g/mol. The fourth-order valence-electron chi connectivity index (χ4n) is 3.86. The van der Waals surface area contributed by atoms with Crippen LogP contribution in [0.1, 0.15) is 41.1 Å². The van der Waals surface area contributed by atoms with E-state index in [1.807, 2.05) is 17.0 Å². The molecule has 1 heterocycles. The Morgan fingerprint density at radius 1 is 0.897 bits per heavy atom. The van der Waals surface area contributed by atoms with Crippen LogP contribution >= 0.6 is 0 Å². The second kappa shape index (κ2) is 9.54. The van der Waals surface area contributed by atoms with Gasteiger partial charge >= 0.3 is 0 Å². The molecule has 2 aromatic carbocycles. The minimum Gasteiger partial charge on any atom is -0.497 e. The van der Waals surface area contributed by atoms with Crippen molar-refractivity contribution in [2.24, 2.45) is 0 Å². The summed E-state index contributed by atoms with van der Waals surface area (Å²) in [6.45, 7) is 1.42. The number of carbonyl (C=O) groups excluding carboxylic acids is 1. The van der Waals surface area contributed by atoms with Gasteiger partial charge in [-0.2, -0.15) is 0 Å². The third kappa shape index (κ3) is 4.58. The summed E-state index contributed by atoms with van der Waals surface area (Å²) in [6, 6.07) is 11.6. The van der Waals surface area contributed by atoms with Gasteiger partial charge in [-0.1, -0.05) is 18.6 Å². The molecule has 0 radical (unpaired) electrons. The number of rotatable bonds is 6. The van der Waals surface area contributed by atoms with Crippen molar-refractivity contribution in [2.45, 2.75) is 25.2 Å². The SMILES string of the molecule is COc1ccc(C2CCCCN(C(=O)c3cc(OC)c(OC)c(OC)c3)C2)cc1. The van der Waals surface area contributed by atoms with Crippen molar-refractivity contribution in [3.63, 3.8) is 0 Å². The summed E-state index contributed by atoms with van der Waals surface area (Å²) in [7, 11) is 6.32. The average molecular weight is 399 g/mol. The van der Waals surface area contributed by atoms with Gasteiger partial charge in [0.15, 0.2) is 11.5 Å². The molecule has 1 saturated heterocycles. The fourth-order valence-corrected chi connectivity index (χ4v) is 3.86. The second-order valence-electron chi connectivity index (χ2n) is 7.13. The summed E-state index contributed by atoms with van der Waals surface area (Å²) < 4.78 is 21.4. The van der Waals surface area contributed by atoms with E-state index in [1.165, 1.54) is 5.56 Å². The molecule has 1 atom stereocenters. The summed E-state index contributed by atoms with van der Waals surface area (Å²) in [6.07, 6.45) is 3.14. The molecule has 2 aromatic rings. The molecule has 0 aromatic heterocycles. The molecule has 0 bridgehead atoms. The molecule has 6 heteroatoms. The molecular formula is C23H29NO5. The van der Waals surface area contributed by atoms with E-state index in [2.05, 4.69) is 12.1 Å². The quantitative estimate of drug-likeness (QED) is 0.731. The Balaban J connectivity index is 1.85. The highest BCUT2D eigenvalue weighted by Gasteiger charge is 2.26. The van der Waals surface area contributed by atoms with Gasteiger partial charge < -0.3 is 23.8 Å². The number of carbonyl (C=O) groups is 1. The first-order valence-electron chi connectivity index (χ1n) is 9.84. The van der Waals surface area contributed by atoms with Crippen LogP contribution in [-0.2, 0) is 0 Å². The molecule has 1 fully saturated rings. The third-order valence-corrected chi connectivity index (χ3v) is 5.46. The summed E-state index contributed by atoms with van der Waals surface area (Å²) in [5.41, 5.74) is 1.77. The van der Waals surface area contributed by atoms with Crippen LogP contribution < -0.4 is 18.9 Å². The maximum Gasteiger partial charge on any atom is 0.254 e. The number of hydrogen-bond acceptors (Lipinski definition) is 5. The maximum atomic E-state index is 13.3. The highest BCUT2D eigenvalue weighted by molar-refractivity contribution is 5.95. The monoisotopic (exact) mass is 399 g/mol. The van der Waals surface area contributed by atoms with Crippen LogP contribution in [0.5, 0.6) is 23.0 Å². The van der Waals surface area contributed by atoms with Crippen LogP contribution in [0.3, 0.4) is 0 Å². The summed E-state index contributed by atoms with van der Waals surface area (Å²) >= 11 is 0. The highest BCUT2D eigenvalue weighted by atomic mass is 16.5. The molecule has 1 aliphatic heterocycles. The molecule has 1 aliphatic rings. The largest absolute Gasteiger partial charge is 0.497 e. The lowest BCUT2D eigenvalue weighted by atomic mass is 9.94. The van der Waals surface area contributed by atoms with Crippen molar-refractivity contribution < 1.29 is 23.7 Å². The highest BCUT2D eigenvalue weighted by Crippen LogP contribution is 2.39. The van der Waals surface area contributed by atoms with E-state index < -0.39 is 0 Å². The molecule has 156 valence electrons. The minimum atomic E-state index is -0.0235. The Morgan fingerprint density at radius 3 is 2.10 bits per heavy atom. The zero-order chi connectivity index (χ0) is 20.8. The molecule has 0 spiro atoms. The van der Waals surface area contributed by atoms with Crippen molar-refractivity contribution in [3.8, 4) is 23.0 Å². The van der Waals surface area contributed by atoms with E-state index in [4.69, 9.17) is 18.9 Å². The predicted molar refractivity (Wildman–Crippen MR) is 112 cm³/mol. The molecule has 6 nitrogen and oxygen atoms in total. The van der Waals surface area contributed by atoms with Gasteiger partial charge in [0, 0.05) is 24.6 Å². The Kier molecular flexibility index (Phi) is 6.86. The molecule has 29 heavy (non-hydrogen) atoms. The molecule has 0 aliphatic carbocycles. The Bertz CT molecular complexity index is 809. The van der Waals surface area contributed by atoms with Crippen LogP contribution in [0.2, 0.25) is 0 Å². The van der Waals surface area contributed by atoms with E-state index in [0.717, 1.165) is 31.6 Å². The normalized spacial score (nSPS) is 16.7. The van der Waals surface area contributed by atoms with Gasteiger partial charge in [-0.15, -0.1) is 0 Å². The van der Waals surface area contributed by atoms with Crippen LogP contribution in [0.25, 0.3) is 0 Å². The van der Waals surface area contributed by atoms with Crippen LogP contribution in [-0.4, -0.2) is 52.3 Å². The van der Waals surface area contributed by atoms with Gasteiger partial charge in [-0.05, 0) is 42.7 Å². The number of nitrogens with zero attached hydrogens (tertiary/aromatic N) is 1. The zero-order valence-electron chi connectivity index (χ0n) is 17.6. The molecule has 1 amide bonds. The van der Waals surface area contributed by atoms with Gasteiger partial charge in [0.2, 0.25) is 5.75 Å². The van der Waals surface area contributed by atoms with Crippen molar-refractivity contribution >= 4 is 5.91 Å². The lowest BCUT2D eigenvalue weighted by molar-refractivity contribution is 0.0753. The first kappa shape index (κ1) is 20.8. The van der Waals surface area contributed by atoms with Gasteiger partial charge in [0.05, 0.1) is 28.4 Å². The van der Waals surface area contributed by atoms with E-state index in [0.29, 0.717) is 35.3 Å². The standard InChI is InChI=1S/C23H29NO5/c1-26-19-10-8-16(9-11-19)17-7-5-6-12-24(15-17)23(25)18-13-20(27-2)22(29-4)21(14-18)28-3/h8-11,13-14,17H,5-7,12,15H2,1-4H3. The first-order valence-corrected chi connectivity index (χ1v) is 9.84. The number of methoxy groups -OCH3 is 4. The molecule has 1 unspecified atom stereocenters. The first-order chi connectivity index (χ1) is 14.1.